The van der Waals surface area contributed by atoms with E-state index >= 15 is 26.3 Å². The Hall–Kier alpha value is -7.20. The van der Waals surface area contributed by atoms with Crippen LogP contribution >= 0.6 is 13.7 Å². The third-order valence-corrected chi connectivity index (χ3v) is 28.3. The maximum atomic E-state index is 15.2. The zero-order valence-corrected chi connectivity index (χ0v) is 48.4. The van der Waals surface area contributed by atoms with Crippen LogP contribution in [0.3, 0.4) is 0 Å². The number of halogens is 6. The molecule has 9 aromatic carbocycles. The van der Waals surface area contributed by atoms with E-state index < -0.39 is 50.2 Å². The van der Waals surface area contributed by atoms with E-state index in [2.05, 4.69) is 0 Å². The fraction of sp³-hybridized carbons (Fsp3) is 0.229. The van der Waals surface area contributed by atoms with Crippen molar-refractivity contribution < 1.29 is 49.4 Å². The van der Waals surface area contributed by atoms with Gasteiger partial charge in [-0.1, -0.05) is 0 Å². The van der Waals surface area contributed by atoms with Crippen LogP contribution in [0.4, 0.5) is 26.3 Å². The average Bonchev–Trinajstić information content (AvgIpc) is 0.893. The van der Waals surface area contributed by atoms with Crippen molar-refractivity contribution in [1.82, 2.24) is 0 Å². The average molecular weight is 1180 g/mol. The van der Waals surface area contributed by atoms with Crippen molar-refractivity contribution in [3.8, 4) is 17.2 Å². The molecular formula is C70H67BF6O5P2. The van der Waals surface area contributed by atoms with Gasteiger partial charge in [-0.05, 0) is 0 Å². The zero-order valence-electron chi connectivity index (χ0n) is 46.6. The number of rotatable bonds is 20. The van der Waals surface area contributed by atoms with Crippen LogP contribution in [0.25, 0.3) is 0 Å². The summed E-state index contributed by atoms with van der Waals surface area (Å²) in [6, 6.07) is 75.1. The molecule has 432 valence electrons. The standard InChI is InChI=1S/C70H67BF6O5P2/c72-69(73,74)56-49-57(70(75,76)77)51-62(50-56)80-71(81-83(63-29-13-3-14-30-63,64-31-15-4-16-32-64,65-33-17-5-18-34-65)52-54-41-45-60(46-42-54)78-58-25-9-1-10-26-58)82-84(66-35-19-6-20-36-66,67-37-21-7-22-38-67,68-39-23-8-24-40-68)53-55-43-47-61(48-44-55)79-59-27-11-2-12-28-59/h3-8,13-24,29-51,58-59H,1-2,9-12,25-28,52-53H2. The van der Waals surface area contributed by atoms with Crippen molar-refractivity contribution >= 4 is 52.8 Å². The van der Waals surface area contributed by atoms with Crippen molar-refractivity contribution in [2.75, 3.05) is 0 Å². The van der Waals surface area contributed by atoms with E-state index in [9.17, 15) is 0 Å². The van der Waals surface area contributed by atoms with E-state index in [1.165, 1.54) is 12.8 Å². The molecule has 0 unspecified atom stereocenters. The minimum absolute atomic E-state index is 0.0806. The quantitative estimate of drug-likeness (QED) is 0.0432. The van der Waals surface area contributed by atoms with Gasteiger partial charge in [0, 0.05) is 0 Å². The molecule has 0 atom stereocenters. The Kier molecular flexibility index (Phi) is 17.3. The molecule has 11 rings (SSSR count). The molecule has 0 aliphatic heterocycles. The third-order valence-electron chi connectivity index (χ3n) is 16.8. The van der Waals surface area contributed by atoms with Crippen LogP contribution in [0.1, 0.15) is 86.5 Å². The van der Waals surface area contributed by atoms with E-state index in [0.717, 1.165) is 62.5 Å². The third kappa shape index (κ3) is 11.9. The van der Waals surface area contributed by atoms with Crippen molar-refractivity contribution in [3.63, 3.8) is 0 Å². The number of hydrogen-bond acceptors (Lipinski definition) is 5. The summed E-state index contributed by atoms with van der Waals surface area (Å²) in [6.07, 6.45) is 0.506. The predicted octanol–water partition coefficient (Wildman–Crippen LogP) is 16.8. The number of benzene rings is 9. The molecule has 2 aliphatic carbocycles. The molecule has 5 nitrogen and oxygen atoms in total. The Morgan fingerprint density at radius 3 is 0.869 bits per heavy atom. The molecule has 0 saturated heterocycles. The second-order valence-corrected chi connectivity index (χ2v) is 31.2. The van der Waals surface area contributed by atoms with Gasteiger partial charge in [-0.15, -0.1) is 0 Å². The minimum atomic E-state index is -5.22. The van der Waals surface area contributed by atoms with E-state index in [0.29, 0.717) is 55.5 Å². The molecule has 0 bridgehead atoms. The van der Waals surface area contributed by atoms with Gasteiger partial charge in [-0.3, -0.25) is 0 Å². The summed E-state index contributed by atoms with van der Waals surface area (Å²) in [7, 11) is -2.12. The van der Waals surface area contributed by atoms with Crippen LogP contribution in [-0.2, 0) is 33.6 Å². The molecule has 0 amide bonds. The van der Waals surface area contributed by atoms with Gasteiger partial charge in [0.05, 0.1) is 0 Å². The Morgan fingerprint density at radius 2 is 0.607 bits per heavy atom. The van der Waals surface area contributed by atoms with E-state index in [4.69, 9.17) is 23.0 Å². The first-order chi connectivity index (χ1) is 40.7. The van der Waals surface area contributed by atoms with Gasteiger partial charge in [0.25, 0.3) is 0 Å². The van der Waals surface area contributed by atoms with Crippen LogP contribution in [0.15, 0.2) is 249 Å². The van der Waals surface area contributed by atoms with E-state index in [1.54, 1.807) is 0 Å². The normalized spacial score (nSPS) is 15.6. The van der Waals surface area contributed by atoms with Gasteiger partial charge in [0.1, 0.15) is 0 Å². The predicted molar refractivity (Wildman–Crippen MR) is 331 cm³/mol. The Labute approximate surface area is 489 Å². The molecule has 0 heterocycles. The van der Waals surface area contributed by atoms with Crippen molar-refractivity contribution in [2.24, 2.45) is 0 Å². The van der Waals surface area contributed by atoms with Crippen LogP contribution < -0.4 is 46.0 Å². The topological polar surface area (TPSA) is 46.2 Å². The first-order valence-corrected chi connectivity index (χ1v) is 33.6. The van der Waals surface area contributed by atoms with Crippen LogP contribution in [0.2, 0.25) is 0 Å². The fourth-order valence-corrected chi connectivity index (χ4v) is 24.1. The SMILES string of the molecule is FC(F)(F)c1cc(OB(OP(Cc2ccc(OC3CCCCC3)cc2)(c2ccccc2)(c2ccccc2)c2ccccc2)OP(Cc2ccc(OC3CCCCC3)cc2)(c2ccccc2)(c2ccccc2)c2ccccc2)cc(C(F)(F)F)c1. The van der Waals surface area contributed by atoms with Crippen LogP contribution in [-0.4, -0.2) is 19.5 Å². The van der Waals surface area contributed by atoms with Crippen molar-refractivity contribution in [1.29, 1.82) is 0 Å². The molecule has 0 N–H and O–H groups in total. The number of hydrogen-bond donors (Lipinski definition) is 0. The van der Waals surface area contributed by atoms with Crippen molar-refractivity contribution in [2.45, 2.75) is 101 Å². The summed E-state index contributed by atoms with van der Waals surface area (Å²) < 4.78 is 128. The zero-order chi connectivity index (χ0) is 58.1. The van der Waals surface area contributed by atoms with Gasteiger partial charge < -0.3 is 0 Å². The monoisotopic (exact) mass is 1170 g/mol. The molecule has 2 fully saturated rings. The second-order valence-electron chi connectivity index (χ2n) is 22.2. The summed E-state index contributed by atoms with van der Waals surface area (Å²) in [5.74, 6) is 0.646. The molecule has 84 heavy (non-hydrogen) atoms. The number of ether oxygens (including phenoxy) is 2. The van der Waals surface area contributed by atoms with Gasteiger partial charge >= 0.3 is 491 Å². The summed E-state index contributed by atoms with van der Waals surface area (Å²) in [4.78, 5) is 0. The Bertz CT molecular complexity index is 3120. The van der Waals surface area contributed by atoms with Gasteiger partial charge in [-0.25, -0.2) is 0 Å². The first kappa shape index (κ1) is 58.6. The summed E-state index contributed by atoms with van der Waals surface area (Å²) in [6.45, 7) is -9.89. The summed E-state index contributed by atoms with van der Waals surface area (Å²) >= 11 is 0. The Morgan fingerprint density at radius 1 is 0.333 bits per heavy atom. The first-order valence-electron chi connectivity index (χ1n) is 28.9. The Balaban J connectivity index is 1.22. The maximum absolute atomic E-state index is 15.2. The molecule has 14 heteroatoms. The molecule has 0 radical (unpaired) electrons. The van der Waals surface area contributed by atoms with E-state index in [1.807, 2.05) is 231 Å². The molecule has 0 spiro atoms. The molecule has 9 aromatic rings. The number of alkyl halides is 6. The van der Waals surface area contributed by atoms with Gasteiger partial charge in [0.15, 0.2) is 0 Å². The molecular weight excluding hydrogens is 1110 g/mol. The fourth-order valence-electron chi connectivity index (χ4n) is 12.7. The molecule has 2 saturated carbocycles. The van der Waals surface area contributed by atoms with Gasteiger partial charge in [0.2, 0.25) is 0 Å². The summed E-state index contributed by atoms with van der Waals surface area (Å²) in [5, 5.41) is 4.13. The molecule has 2 aliphatic rings. The van der Waals surface area contributed by atoms with Crippen LogP contribution in [0.5, 0.6) is 17.2 Å². The van der Waals surface area contributed by atoms with Crippen molar-refractivity contribution in [3.05, 3.63) is 271 Å². The van der Waals surface area contributed by atoms with E-state index in [-0.39, 0.29) is 30.6 Å². The van der Waals surface area contributed by atoms with Gasteiger partial charge in [-0.2, -0.15) is 0 Å². The molecule has 0 aromatic heterocycles. The van der Waals surface area contributed by atoms with Crippen LogP contribution in [0, 0.1) is 0 Å². The summed E-state index contributed by atoms with van der Waals surface area (Å²) in [5.41, 5.74) is -1.51. The second kappa shape index (κ2) is 24.8.